The van der Waals surface area contributed by atoms with Crippen molar-refractivity contribution in [1.82, 2.24) is 9.78 Å². The fourth-order valence-corrected chi connectivity index (χ4v) is 4.40. The van der Waals surface area contributed by atoms with Crippen LogP contribution in [0.2, 0.25) is 10.0 Å². The quantitative estimate of drug-likeness (QED) is 0.715. The lowest BCUT2D eigenvalue weighted by Crippen LogP contribution is -2.05. The van der Waals surface area contributed by atoms with Gasteiger partial charge in [-0.3, -0.25) is 4.68 Å². The molecule has 21 heavy (non-hydrogen) atoms. The highest BCUT2D eigenvalue weighted by molar-refractivity contribution is 9.08. The second-order valence-corrected chi connectivity index (χ2v) is 7.70. The summed E-state index contributed by atoms with van der Waals surface area (Å²) in [5.41, 5.74) is 0.816. The van der Waals surface area contributed by atoms with Gasteiger partial charge in [-0.2, -0.15) is 5.10 Å². The highest BCUT2D eigenvalue weighted by Crippen LogP contribution is 2.36. The first-order valence-corrected chi connectivity index (χ1v) is 9.40. The molecule has 0 radical (unpaired) electrons. The molecule has 1 aromatic heterocycles. The van der Waals surface area contributed by atoms with Gasteiger partial charge in [-0.15, -0.1) is 0 Å². The Morgan fingerprint density at radius 2 is 2.00 bits per heavy atom. The maximum atomic E-state index is 14.1. The minimum Gasteiger partial charge on any atom is -0.255 e. The Labute approximate surface area is 139 Å². The van der Waals surface area contributed by atoms with Crippen LogP contribution in [-0.4, -0.2) is 24.5 Å². The first-order valence-electron chi connectivity index (χ1n) is 5.63. The maximum absolute atomic E-state index is 14.1. The van der Waals surface area contributed by atoms with Crippen LogP contribution in [0.15, 0.2) is 17.2 Å². The number of aryl methyl sites for hydroxylation is 1. The van der Waals surface area contributed by atoms with Crippen LogP contribution >= 0.6 is 39.1 Å². The summed E-state index contributed by atoms with van der Waals surface area (Å²) < 4.78 is 38.7. The van der Waals surface area contributed by atoms with Crippen molar-refractivity contribution in [3.63, 3.8) is 0 Å². The molecule has 0 aliphatic carbocycles. The fraction of sp³-hybridized carbons (Fsp3) is 0.250. The van der Waals surface area contributed by atoms with E-state index in [1.54, 1.807) is 0 Å². The molecule has 0 unspecified atom stereocenters. The zero-order chi connectivity index (χ0) is 15.9. The molecule has 2 aromatic rings. The third kappa shape index (κ3) is 3.11. The number of rotatable bonds is 3. The number of hydrogen-bond acceptors (Lipinski definition) is 3. The van der Waals surface area contributed by atoms with Gasteiger partial charge in [-0.05, 0) is 17.7 Å². The lowest BCUT2D eigenvalue weighted by Gasteiger charge is -2.05. The molecule has 0 N–H and O–H groups in total. The average molecular weight is 416 g/mol. The van der Waals surface area contributed by atoms with Crippen molar-refractivity contribution in [2.45, 2.75) is 10.4 Å². The van der Waals surface area contributed by atoms with Gasteiger partial charge in [0.25, 0.3) is 0 Å². The van der Waals surface area contributed by atoms with Crippen LogP contribution in [0.5, 0.6) is 0 Å². The van der Waals surface area contributed by atoms with E-state index in [9.17, 15) is 12.8 Å². The van der Waals surface area contributed by atoms with E-state index in [4.69, 9.17) is 23.2 Å². The van der Waals surface area contributed by atoms with Gasteiger partial charge >= 0.3 is 0 Å². The highest BCUT2D eigenvalue weighted by atomic mass is 79.9. The molecule has 9 heteroatoms. The monoisotopic (exact) mass is 414 g/mol. The zero-order valence-electron chi connectivity index (χ0n) is 11.0. The second-order valence-electron chi connectivity index (χ2n) is 4.42. The van der Waals surface area contributed by atoms with Crippen molar-refractivity contribution >= 4 is 49.0 Å². The zero-order valence-corrected chi connectivity index (χ0v) is 14.9. The van der Waals surface area contributed by atoms with E-state index < -0.39 is 15.7 Å². The number of nitrogens with zero attached hydrogens (tertiary/aromatic N) is 2. The SMILES string of the molecule is Cn1nc(-c2cc(CBr)c(Cl)cc2F)c(Cl)c1S(C)(=O)=O. The third-order valence-corrected chi connectivity index (χ3v) is 5.42. The molecule has 0 saturated carbocycles. The Bertz CT molecular complexity index is 821. The molecular formula is C12H10BrCl2FN2O2S. The molecule has 114 valence electrons. The topological polar surface area (TPSA) is 52.0 Å². The molecule has 2 rings (SSSR count). The van der Waals surface area contributed by atoms with E-state index in [0.717, 1.165) is 17.0 Å². The molecule has 1 aromatic carbocycles. The van der Waals surface area contributed by atoms with Gasteiger partial charge in [0.2, 0.25) is 0 Å². The predicted octanol–water partition coefficient (Wildman–Crippen LogP) is 3.83. The summed E-state index contributed by atoms with van der Waals surface area (Å²) >= 11 is 15.2. The van der Waals surface area contributed by atoms with Crippen molar-refractivity contribution in [1.29, 1.82) is 0 Å². The van der Waals surface area contributed by atoms with Crippen LogP contribution in [-0.2, 0) is 22.2 Å². The maximum Gasteiger partial charge on any atom is 0.193 e. The van der Waals surface area contributed by atoms with Gasteiger partial charge in [0, 0.05) is 29.2 Å². The van der Waals surface area contributed by atoms with E-state index in [-0.39, 0.29) is 26.3 Å². The Morgan fingerprint density at radius 1 is 1.38 bits per heavy atom. The molecule has 0 aliphatic rings. The smallest absolute Gasteiger partial charge is 0.193 e. The Balaban J connectivity index is 2.75. The van der Waals surface area contributed by atoms with Gasteiger partial charge in [0.15, 0.2) is 14.9 Å². The molecule has 0 bridgehead atoms. The molecular weight excluding hydrogens is 406 g/mol. The van der Waals surface area contributed by atoms with Crippen LogP contribution in [0.4, 0.5) is 4.39 Å². The minimum atomic E-state index is -3.58. The Hall–Kier alpha value is -0.630. The second kappa shape index (κ2) is 5.87. The molecule has 0 fully saturated rings. The average Bonchev–Trinajstić information content (AvgIpc) is 2.64. The van der Waals surface area contributed by atoms with Gasteiger partial charge in [0.1, 0.15) is 16.5 Å². The lowest BCUT2D eigenvalue weighted by atomic mass is 10.1. The van der Waals surface area contributed by atoms with Crippen molar-refractivity contribution in [3.05, 3.63) is 33.6 Å². The van der Waals surface area contributed by atoms with E-state index in [1.165, 1.54) is 13.1 Å². The Morgan fingerprint density at radius 3 is 2.48 bits per heavy atom. The van der Waals surface area contributed by atoms with Gasteiger partial charge in [-0.25, -0.2) is 12.8 Å². The molecule has 0 aliphatic heterocycles. The number of benzene rings is 1. The molecule has 1 heterocycles. The molecule has 0 spiro atoms. The summed E-state index contributed by atoms with van der Waals surface area (Å²) in [6.07, 6.45) is 1.02. The minimum absolute atomic E-state index is 0.0657. The van der Waals surface area contributed by atoms with Crippen LogP contribution in [0.3, 0.4) is 0 Å². The van der Waals surface area contributed by atoms with E-state index >= 15 is 0 Å². The summed E-state index contributed by atoms with van der Waals surface area (Å²) in [5.74, 6) is -0.621. The van der Waals surface area contributed by atoms with Crippen LogP contribution < -0.4 is 0 Å². The van der Waals surface area contributed by atoms with Crippen LogP contribution in [0, 0.1) is 5.82 Å². The highest BCUT2D eigenvalue weighted by Gasteiger charge is 2.25. The predicted molar refractivity (Wildman–Crippen MR) is 84.4 cm³/mol. The summed E-state index contributed by atoms with van der Waals surface area (Å²) in [4.78, 5) is 0. The van der Waals surface area contributed by atoms with Crippen LogP contribution in [0.1, 0.15) is 5.56 Å². The number of hydrogen-bond donors (Lipinski definition) is 0. The summed E-state index contributed by atoms with van der Waals surface area (Å²) in [5, 5.41) is 4.44. The standard InChI is InChI=1S/C12H10BrCl2FN2O2S/c1-18-12(21(2,19)20)10(15)11(17-18)7-3-6(5-13)8(14)4-9(7)16/h3-4H,5H2,1-2H3. The lowest BCUT2D eigenvalue weighted by molar-refractivity contribution is 0.583. The van der Waals surface area contributed by atoms with Gasteiger partial charge < -0.3 is 0 Å². The number of sulfone groups is 1. The van der Waals surface area contributed by atoms with E-state index in [0.29, 0.717) is 10.9 Å². The summed E-state index contributed by atoms with van der Waals surface area (Å²) in [7, 11) is -2.14. The first kappa shape index (κ1) is 16.7. The van der Waals surface area contributed by atoms with Crippen LogP contribution in [0.25, 0.3) is 11.3 Å². The number of aromatic nitrogens is 2. The molecule has 0 atom stereocenters. The first-order chi connectivity index (χ1) is 9.66. The number of alkyl halides is 1. The largest absolute Gasteiger partial charge is 0.255 e. The summed E-state index contributed by atoms with van der Waals surface area (Å²) in [6.45, 7) is 0. The third-order valence-electron chi connectivity index (χ3n) is 2.83. The van der Waals surface area contributed by atoms with Crippen molar-refractivity contribution in [2.24, 2.45) is 7.05 Å². The molecule has 0 amide bonds. The normalized spacial score (nSPS) is 11.9. The number of halogens is 4. The Kier molecular flexibility index (Phi) is 4.68. The molecule has 0 saturated heterocycles. The molecule has 4 nitrogen and oxygen atoms in total. The fourth-order valence-electron chi connectivity index (χ4n) is 1.94. The van der Waals surface area contributed by atoms with Crippen molar-refractivity contribution in [3.8, 4) is 11.3 Å². The van der Waals surface area contributed by atoms with Crippen molar-refractivity contribution in [2.75, 3.05) is 6.26 Å². The van der Waals surface area contributed by atoms with Gasteiger partial charge in [-0.1, -0.05) is 39.1 Å². The van der Waals surface area contributed by atoms with Gasteiger partial charge in [0.05, 0.1) is 0 Å². The summed E-state index contributed by atoms with van der Waals surface area (Å²) in [6, 6.07) is 2.64. The van der Waals surface area contributed by atoms with Crippen molar-refractivity contribution < 1.29 is 12.8 Å². The van der Waals surface area contributed by atoms with E-state index in [2.05, 4.69) is 21.0 Å². The van der Waals surface area contributed by atoms with E-state index in [1.807, 2.05) is 0 Å².